The molecule has 2 N–H and O–H groups in total. The molecule has 0 unspecified atom stereocenters. The molecule has 8 heteroatoms. The number of halogens is 1. The highest BCUT2D eigenvalue weighted by molar-refractivity contribution is 6.32. The molecule has 2 aromatic rings. The minimum atomic E-state index is -0.585. The molecule has 2 amide bonds. The molecule has 0 heterocycles. The molecule has 0 aliphatic heterocycles. The zero-order valence-corrected chi connectivity index (χ0v) is 14.9. The number of anilines is 1. The van der Waals surface area contributed by atoms with E-state index in [2.05, 4.69) is 10.6 Å². The smallest absolute Gasteiger partial charge is 0.288 e. The van der Waals surface area contributed by atoms with Gasteiger partial charge in [0.1, 0.15) is 5.02 Å². The van der Waals surface area contributed by atoms with Gasteiger partial charge in [0, 0.05) is 29.4 Å². The van der Waals surface area contributed by atoms with E-state index in [-0.39, 0.29) is 22.7 Å². The summed E-state index contributed by atoms with van der Waals surface area (Å²) in [6.45, 7) is 0. The first-order valence-electron chi connectivity index (χ1n) is 8.26. The maximum Gasteiger partial charge on any atom is 0.288 e. The van der Waals surface area contributed by atoms with Crippen LogP contribution in [0.4, 0.5) is 11.4 Å². The van der Waals surface area contributed by atoms with Gasteiger partial charge in [-0.2, -0.15) is 0 Å². The summed E-state index contributed by atoms with van der Waals surface area (Å²) in [5.74, 6) is -0.593. The Morgan fingerprint density at radius 3 is 2.67 bits per heavy atom. The molecule has 0 radical (unpaired) electrons. The van der Waals surface area contributed by atoms with Crippen LogP contribution in [-0.4, -0.2) is 22.8 Å². The molecule has 0 saturated heterocycles. The van der Waals surface area contributed by atoms with Crippen molar-refractivity contribution >= 4 is 40.9 Å². The number of nitro groups is 1. The van der Waals surface area contributed by atoms with Crippen LogP contribution in [0.2, 0.25) is 5.02 Å². The summed E-state index contributed by atoms with van der Waals surface area (Å²) >= 11 is 5.76. The first-order valence-corrected chi connectivity index (χ1v) is 8.64. The van der Waals surface area contributed by atoms with Gasteiger partial charge >= 0.3 is 0 Å². The largest absolute Gasteiger partial charge is 0.349 e. The van der Waals surface area contributed by atoms with Crippen molar-refractivity contribution in [2.45, 2.75) is 18.9 Å². The summed E-state index contributed by atoms with van der Waals surface area (Å²) < 4.78 is 0. The summed E-state index contributed by atoms with van der Waals surface area (Å²) in [6.07, 6.45) is 4.69. The summed E-state index contributed by atoms with van der Waals surface area (Å²) in [5, 5.41) is 16.5. The number of carbonyl (C=O) groups is 2. The van der Waals surface area contributed by atoms with Crippen LogP contribution in [0.1, 0.15) is 28.8 Å². The number of nitrogens with one attached hydrogen (secondary N) is 2. The number of nitro benzene ring substituents is 1. The first kappa shape index (κ1) is 18.6. The molecule has 0 atom stereocenters. The van der Waals surface area contributed by atoms with Crippen molar-refractivity contribution in [3.05, 3.63) is 74.8 Å². The van der Waals surface area contributed by atoms with Gasteiger partial charge in [-0.05, 0) is 48.7 Å². The third-order valence-electron chi connectivity index (χ3n) is 3.90. The highest BCUT2D eigenvalue weighted by Crippen LogP contribution is 2.25. The number of hydrogen-bond acceptors (Lipinski definition) is 4. The fraction of sp³-hybridized carbons (Fsp3) is 0.158. The number of rotatable bonds is 6. The highest BCUT2D eigenvalue weighted by atomic mass is 35.5. The van der Waals surface area contributed by atoms with Gasteiger partial charge in [-0.1, -0.05) is 23.7 Å². The van der Waals surface area contributed by atoms with E-state index < -0.39 is 10.8 Å². The van der Waals surface area contributed by atoms with Crippen molar-refractivity contribution in [1.29, 1.82) is 0 Å². The van der Waals surface area contributed by atoms with Crippen LogP contribution in [-0.2, 0) is 4.79 Å². The second-order valence-electron chi connectivity index (χ2n) is 6.12. The fourth-order valence-electron chi connectivity index (χ4n) is 2.36. The molecule has 0 bridgehead atoms. The first-order chi connectivity index (χ1) is 12.9. The van der Waals surface area contributed by atoms with Crippen LogP contribution in [0.3, 0.4) is 0 Å². The van der Waals surface area contributed by atoms with Gasteiger partial charge in [0.25, 0.3) is 11.6 Å². The van der Waals surface area contributed by atoms with E-state index >= 15 is 0 Å². The van der Waals surface area contributed by atoms with E-state index in [0.717, 1.165) is 12.8 Å². The Balaban J connectivity index is 1.65. The zero-order valence-electron chi connectivity index (χ0n) is 14.1. The van der Waals surface area contributed by atoms with Gasteiger partial charge in [0.05, 0.1) is 4.92 Å². The number of benzene rings is 2. The lowest BCUT2D eigenvalue weighted by molar-refractivity contribution is -0.384. The van der Waals surface area contributed by atoms with E-state index in [1.54, 1.807) is 30.3 Å². The van der Waals surface area contributed by atoms with E-state index in [9.17, 15) is 19.7 Å². The fourth-order valence-corrected chi connectivity index (χ4v) is 2.55. The Morgan fingerprint density at radius 1 is 1.19 bits per heavy atom. The maximum absolute atomic E-state index is 12.1. The van der Waals surface area contributed by atoms with Gasteiger partial charge in [-0.25, -0.2) is 0 Å². The van der Waals surface area contributed by atoms with Crippen LogP contribution < -0.4 is 10.6 Å². The van der Waals surface area contributed by atoms with E-state index in [0.29, 0.717) is 16.8 Å². The Morgan fingerprint density at radius 2 is 1.96 bits per heavy atom. The van der Waals surface area contributed by atoms with E-state index in [1.165, 1.54) is 24.3 Å². The average molecular weight is 386 g/mol. The molecule has 1 aliphatic carbocycles. The van der Waals surface area contributed by atoms with Crippen molar-refractivity contribution in [3.63, 3.8) is 0 Å². The normalized spacial score (nSPS) is 13.4. The summed E-state index contributed by atoms with van der Waals surface area (Å²) in [4.78, 5) is 34.4. The van der Waals surface area contributed by atoms with Gasteiger partial charge in [0.15, 0.2) is 0 Å². The molecule has 138 valence electrons. The minimum Gasteiger partial charge on any atom is -0.349 e. The number of hydrogen-bond donors (Lipinski definition) is 2. The number of carbonyl (C=O) groups excluding carboxylic acids is 2. The summed E-state index contributed by atoms with van der Waals surface area (Å²) in [5.41, 5.74) is 1.19. The molecule has 3 rings (SSSR count). The van der Waals surface area contributed by atoms with Crippen molar-refractivity contribution in [3.8, 4) is 0 Å². The lowest BCUT2D eigenvalue weighted by Gasteiger charge is -2.06. The molecule has 1 aliphatic rings. The van der Waals surface area contributed by atoms with Crippen LogP contribution in [0.5, 0.6) is 0 Å². The van der Waals surface area contributed by atoms with Crippen molar-refractivity contribution in [2.75, 3.05) is 5.32 Å². The van der Waals surface area contributed by atoms with Crippen LogP contribution in [0.15, 0.2) is 48.5 Å². The molecule has 27 heavy (non-hydrogen) atoms. The van der Waals surface area contributed by atoms with Crippen LogP contribution in [0.25, 0.3) is 6.08 Å². The highest BCUT2D eigenvalue weighted by Gasteiger charge is 2.23. The quantitative estimate of drug-likeness (QED) is 0.448. The predicted octanol–water partition coefficient (Wildman–Crippen LogP) is 3.79. The molecular formula is C19H16ClN3O4. The van der Waals surface area contributed by atoms with Gasteiger partial charge in [-0.3, -0.25) is 19.7 Å². The maximum atomic E-state index is 12.1. The Hall–Kier alpha value is -3.19. The van der Waals surface area contributed by atoms with Gasteiger partial charge in [0.2, 0.25) is 5.91 Å². The molecule has 7 nitrogen and oxygen atoms in total. The molecule has 1 fully saturated rings. The SMILES string of the molecule is O=C(/C=C/c1ccc(Cl)c([N+](=O)[O-])c1)Nc1cccc(C(=O)NC2CC2)c1. The predicted molar refractivity (Wildman–Crippen MR) is 103 cm³/mol. The monoisotopic (exact) mass is 385 g/mol. The van der Waals surface area contributed by atoms with E-state index in [4.69, 9.17) is 11.6 Å². The van der Waals surface area contributed by atoms with E-state index in [1.807, 2.05) is 0 Å². The Bertz CT molecular complexity index is 938. The Kier molecular flexibility index (Phi) is 5.52. The molecule has 1 saturated carbocycles. The number of amides is 2. The lowest BCUT2D eigenvalue weighted by atomic mass is 10.1. The molecule has 2 aromatic carbocycles. The average Bonchev–Trinajstić information content (AvgIpc) is 3.45. The van der Waals surface area contributed by atoms with Crippen molar-refractivity contribution in [2.24, 2.45) is 0 Å². The molecule has 0 spiro atoms. The zero-order chi connectivity index (χ0) is 19.4. The third-order valence-corrected chi connectivity index (χ3v) is 4.22. The lowest BCUT2D eigenvalue weighted by Crippen LogP contribution is -2.25. The summed E-state index contributed by atoms with van der Waals surface area (Å²) in [6, 6.07) is 11.1. The van der Waals surface area contributed by atoms with Gasteiger partial charge in [-0.15, -0.1) is 0 Å². The van der Waals surface area contributed by atoms with Gasteiger partial charge < -0.3 is 10.6 Å². The molecule has 0 aromatic heterocycles. The van der Waals surface area contributed by atoms with Crippen LogP contribution in [0, 0.1) is 10.1 Å². The third kappa shape index (κ3) is 5.15. The topological polar surface area (TPSA) is 101 Å². The standard InChI is InChI=1S/C19H16ClN3O4/c20-16-8-4-12(10-17(16)23(26)27)5-9-18(24)21-15-3-1-2-13(11-15)19(25)22-14-6-7-14/h1-5,8-11,14H,6-7H2,(H,21,24)(H,22,25)/b9-5+. The van der Waals surface area contributed by atoms with Crippen LogP contribution >= 0.6 is 11.6 Å². The Labute approximate surface area is 160 Å². The molecular weight excluding hydrogens is 370 g/mol. The van der Waals surface area contributed by atoms with Crippen molar-refractivity contribution < 1.29 is 14.5 Å². The van der Waals surface area contributed by atoms with Crippen molar-refractivity contribution in [1.82, 2.24) is 5.32 Å². The second kappa shape index (κ2) is 8.01. The number of nitrogens with zero attached hydrogens (tertiary/aromatic N) is 1. The second-order valence-corrected chi connectivity index (χ2v) is 6.53. The minimum absolute atomic E-state index is 0.0305. The summed E-state index contributed by atoms with van der Waals surface area (Å²) in [7, 11) is 0.